The van der Waals surface area contributed by atoms with Crippen LogP contribution in [-0.4, -0.2) is 18.6 Å². The number of halogens is 5. The molecule has 7 heteroatoms. The van der Waals surface area contributed by atoms with Crippen LogP contribution in [0.5, 0.6) is 5.75 Å². The molecule has 0 amide bonds. The predicted octanol–water partition coefficient (Wildman–Crippen LogP) is 3.98. The van der Waals surface area contributed by atoms with Gasteiger partial charge in [-0.15, -0.1) is 0 Å². The minimum absolute atomic E-state index is 0.0834. The van der Waals surface area contributed by atoms with E-state index in [9.17, 15) is 26.7 Å². The van der Waals surface area contributed by atoms with Gasteiger partial charge in [0.05, 0.1) is 6.42 Å². The van der Waals surface area contributed by atoms with Crippen LogP contribution < -0.4 is 4.74 Å². The Morgan fingerprint density at radius 1 is 1.21 bits per heavy atom. The number of carbonyl (C=O) groups excluding carboxylic acids is 1. The van der Waals surface area contributed by atoms with Crippen LogP contribution in [0, 0.1) is 0 Å². The largest absolute Gasteiger partial charge is 0.435 e. The molecule has 0 aliphatic carbocycles. The van der Waals surface area contributed by atoms with Crippen molar-refractivity contribution in [2.45, 2.75) is 19.2 Å². The summed E-state index contributed by atoms with van der Waals surface area (Å²) in [5.41, 5.74) is 0.0834. The van der Waals surface area contributed by atoms with Crippen LogP contribution in [0.3, 0.4) is 0 Å². The van der Waals surface area contributed by atoms with Gasteiger partial charge in [-0.2, -0.15) is 22.0 Å². The lowest BCUT2D eigenvalue weighted by molar-refractivity contribution is -0.125. The molecule has 0 aromatic heterocycles. The van der Waals surface area contributed by atoms with Gasteiger partial charge in [-0.3, -0.25) is 4.79 Å². The summed E-state index contributed by atoms with van der Waals surface area (Å²) in [6.45, 7) is -2.98. The van der Waals surface area contributed by atoms with Crippen LogP contribution in [0.4, 0.5) is 22.0 Å². The van der Waals surface area contributed by atoms with Gasteiger partial charge in [0.25, 0.3) is 0 Å². The number of rotatable bonds is 5. The van der Waals surface area contributed by atoms with E-state index in [4.69, 9.17) is 0 Å². The van der Waals surface area contributed by atoms with Gasteiger partial charge in [0.15, 0.2) is 5.78 Å². The van der Waals surface area contributed by atoms with E-state index in [-0.39, 0.29) is 11.3 Å². The maximum Gasteiger partial charge on any atom is 0.392 e. The average Bonchev–Trinajstić information content (AvgIpc) is 2.27. The van der Waals surface area contributed by atoms with Gasteiger partial charge in [-0.25, -0.2) is 0 Å². The highest BCUT2D eigenvalue weighted by molar-refractivity contribution is 6.04. The Bertz CT molecular complexity index is 448. The Labute approximate surface area is 105 Å². The molecule has 1 rings (SSSR count). The first kappa shape index (κ1) is 15.1. The molecule has 104 valence electrons. The lowest BCUT2D eigenvalue weighted by atomic mass is 10.1. The van der Waals surface area contributed by atoms with E-state index < -0.39 is 25.0 Å². The Kier molecular flexibility index (Phi) is 5.02. The second-order valence-corrected chi connectivity index (χ2v) is 3.49. The van der Waals surface area contributed by atoms with Crippen molar-refractivity contribution in [1.29, 1.82) is 0 Å². The molecule has 0 spiro atoms. The van der Waals surface area contributed by atoms with Gasteiger partial charge in [0.2, 0.25) is 0 Å². The fraction of sp³-hybridized carbons (Fsp3) is 0.250. The summed E-state index contributed by atoms with van der Waals surface area (Å²) >= 11 is 0. The molecule has 0 bridgehead atoms. The van der Waals surface area contributed by atoms with Crippen molar-refractivity contribution in [3.63, 3.8) is 0 Å². The molecule has 0 saturated carbocycles. The second kappa shape index (κ2) is 6.31. The number of hydrogen-bond donors (Lipinski definition) is 0. The van der Waals surface area contributed by atoms with Crippen molar-refractivity contribution in [2.75, 3.05) is 0 Å². The van der Waals surface area contributed by atoms with E-state index in [1.165, 1.54) is 12.1 Å². The fourth-order valence-electron chi connectivity index (χ4n) is 1.20. The minimum atomic E-state index is -4.37. The fourth-order valence-corrected chi connectivity index (χ4v) is 1.20. The molecule has 1 aromatic carbocycles. The van der Waals surface area contributed by atoms with E-state index in [1.54, 1.807) is 0 Å². The van der Waals surface area contributed by atoms with Gasteiger partial charge in [0, 0.05) is 5.56 Å². The van der Waals surface area contributed by atoms with E-state index in [0.717, 1.165) is 18.2 Å². The number of allylic oxidation sites excluding steroid dienone is 2. The van der Waals surface area contributed by atoms with Crippen molar-refractivity contribution in [3.05, 3.63) is 42.0 Å². The molecule has 1 aromatic rings. The molecule has 19 heavy (non-hydrogen) atoms. The minimum Gasteiger partial charge on any atom is -0.435 e. The first-order valence-electron chi connectivity index (χ1n) is 5.10. The molecule has 0 N–H and O–H groups in total. The smallest absolute Gasteiger partial charge is 0.392 e. The van der Waals surface area contributed by atoms with Gasteiger partial charge in [-0.05, 0) is 30.3 Å². The van der Waals surface area contributed by atoms with Crippen LogP contribution in [0.2, 0.25) is 0 Å². The molecule has 0 aliphatic heterocycles. The first-order chi connectivity index (χ1) is 8.78. The number of benzene rings is 1. The maximum absolute atomic E-state index is 11.9. The van der Waals surface area contributed by atoms with E-state index in [0.29, 0.717) is 6.08 Å². The summed E-state index contributed by atoms with van der Waals surface area (Å²) in [6.07, 6.45) is -4.08. The summed E-state index contributed by atoms with van der Waals surface area (Å²) in [6, 6.07) is 4.66. The highest BCUT2D eigenvalue weighted by Crippen LogP contribution is 2.20. The summed E-state index contributed by atoms with van der Waals surface area (Å²) in [5, 5.41) is 0. The van der Waals surface area contributed by atoms with Crippen molar-refractivity contribution >= 4 is 5.78 Å². The average molecular weight is 280 g/mol. The molecule has 0 aliphatic rings. The normalized spacial score (nSPS) is 12.1. The molecule has 0 unspecified atom stereocenters. The third kappa shape index (κ3) is 5.98. The van der Waals surface area contributed by atoms with E-state index in [2.05, 4.69) is 4.74 Å². The Morgan fingerprint density at radius 3 is 2.26 bits per heavy atom. The van der Waals surface area contributed by atoms with E-state index in [1.807, 2.05) is 0 Å². The van der Waals surface area contributed by atoms with Crippen LogP contribution in [0.25, 0.3) is 0 Å². The van der Waals surface area contributed by atoms with Crippen molar-refractivity contribution in [2.24, 2.45) is 0 Å². The number of ether oxygens (including phenoxy) is 1. The molecule has 0 fully saturated rings. The highest BCUT2D eigenvalue weighted by Gasteiger charge is 2.24. The maximum atomic E-state index is 11.9. The summed E-state index contributed by atoms with van der Waals surface area (Å²) in [7, 11) is 0. The van der Waals surface area contributed by atoms with Gasteiger partial charge in [-0.1, -0.05) is 6.08 Å². The summed E-state index contributed by atoms with van der Waals surface area (Å²) in [5.74, 6) is -0.779. The third-order valence-corrected chi connectivity index (χ3v) is 1.98. The summed E-state index contributed by atoms with van der Waals surface area (Å²) in [4.78, 5) is 11.4. The van der Waals surface area contributed by atoms with E-state index >= 15 is 0 Å². The van der Waals surface area contributed by atoms with Crippen LogP contribution in [0.15, 0.2) is 36.4 Å². The molecule has 0 atom stereocenters. The molecule has 2 nitrogen and oxygen atoms in total. The zero-order valence-corrected chi connectivity index (χ0v) is 9.45. The summed E-state index contributed by atoms with van der Waals surface area (Å²) < 4.78 is 63.3. The predicted molar refractivity (Wildman–Crippen MR) is 57.2 cm³/mol. The van der Waals surface area contributed by atoms with Crippen molar-refractivity contribution in [3.8, 4) is 5.75 Å². The topological polar surface area (TPSA) is 26.3 Å². The zero-order valence-electron chi connectivity index (χ0n) is 9.45. The van der Waals surface area contributed by atoms with Gasteiger partial charge < -0.3 is 4.74 Å². The number of ketones is 1. The number of alkyl halides is 5. The molecule has 0 heterocycles. The van der Waals surface area contributed by atoms with Crippen LogP contribution >= 0.6 is 0 Å². The van der Waals surface area contributed by atoms with Crippen LogP contribution in [-0.2, 0) is 0 Å². The molecular formula is C12H9F5O2. The zero-order chi connectivity index (χ0) is 14.5. The lowest BCUT2D eigenvalue weighted by Crippen LogP contribution is -2.05. The molecule has 0 radical (unpaired) electrons. The Balaban J connectivity index is 2.63. The third-order valence-electron chi connectivity index (χ3n) is 1.98. The quantitative estimate of drug-likeness (QED) is 0.463. The monoisotopic (exact) mass is 280 g/mol. The standard InChI is InChI=1S/C12H9F5O2/c13-11(14)19-9-5-3-8(4-6-9)10(18)2-1-7-12(15,16)17/h1-6,11H,7H2/b2-1+. The van der Waals surface area contributed by atoms with Crippen molar-refractivity contribution < 1.29 is 31.5 Å². The molecule has 0 saturated heterocycles. The second-order valence-electron chi connectivity index (χ2n) is 3.49. The first-order valence-corrected chi connectivity index (χ1v) is 5.10. The van der Waals surface area contributed by atoms with Gasteiger partial charge >= 0.3 is 12.8 Å². The highest BCUT2D eigenvalue weighted by atomic mass is 19.4. The molecular weight excluding hydrogens is 271 g/mol. The Hall–Kier alpha value is -1.92. The Morgan fingerprint density at radius 2 is 1.79 bits per heavy atom. The van der Waals surface area contributed by atoms with Crippen molar-refractivity contribution in [1.82, 2.24) is 0 Å². The number of carbonyl (C=O) groups is 1. The SMILES string of the molecule is O=C(/C=C/CC(F)(F)F)c1ccc(OC(F)F)cc1. The van der Waals surface area contributed by atoms with Crippen LogP contribution in [0.1, 0.15) is 16.8 Å². The van der Waals surface area contributed by atoms with Gasteiger partial charge in [0.1, 0.15) is 5.75 Å². The lowest BCUT2D eigenvalue weighted by Gasteiger charge is -2.04. The number of hydrogen-bond acceptors (Lipinski definition) is 2.